The summed E-state index contributed by atoms with van der Waals surface area (Å²) in [4.78, 5) is 30.2. The van der Waals surface area contributed by atoms with Gasteiger partial charge in [-0.2, -0.15) is 5.10 Å². The van der Waals surface area contributed by atoms with E-state index in [4.69, 9.17) is 26.2 Å². The van der Waals surface area contributed by atoms with E-state index in [-0.39, 0.29) is 21.7 Å². The molecule has 2 aliphatic rings. The lowest BCUT2D eigenvalue weighted by atomic mass is 9.92. The molecule has 3 amide bonds. The highest BCUT2D eigenvalue weighted by atomic mass is 35.5. The zero-order valence-corrected chi connectivity index (χ0v) is 26.5. The second-order valence-electron chi connectivity index (χ2n) is 11.3. The van der Waals surface area contributed by atoms with Crippen molar-refractivity contribution >= 4 is 52.7 Å². The summed E-state index contributed by atoms with van der Waals surface area (Å²) in [6, 6.07) is 18.8. The summed E-state index contributed by atoms with van der Waals surface area (Å²) in [6.07, 6.45) is 3.14. The van der Waals surface area contributed by atoms with Crippen LogP contribution in [0.1, 0.15) is 33.4 Å². The Labute approximate surface area is 269 Å². The number of amides is 3. The molecule has 0 saturated heterocycles. The van der Waals surface area contributed by atoms with Crippen LogP contribution in [0, 0.1) is 0 Å². The Morgan fingerprint density at radius 1 is 1.04 bits per heavy atom. The van der Waals surface area contributed by atoms with Crippen LogP contribution in [-0.2, 0) is 10.2 Å². The normalized spacial score (nSPS) is 15.1. The standard InChI is InChI=1S/C32H31ClN6O5S/c1-5-43-31(42)38-15-14-37-23-17-20(11-13-26(23)45-30(37)38)44-25-9-7-6-8-22(25)34-29(41)35-28-18-27(32(2,3)4)36-39(28)19-10-12-24(40)21(33)16-19/h6-18,30,40H,5H2,1-4H3,(H2,34,35,41). The summed E-state index contributed by atoms with van der Waals surface area (Å²) in [5, 5.41) is 20.5. The average molecular weight is 647 g/mol. The van der Waals surface area contributed by atoms with Crippen LogP contribution in [0.5, 0.6) is 17.2 Å². The van der Waals surface area contributed by atoms with Crippen LogP contribution in [0.15, 0.2) is 84.0 Å². The lowest BCUT2D eigenvalue weighted by Gasteiger charge is -2.23. The second-order valence-corrected chi connectivity index (χ2v) is 12.8. The first-order valence-corrected chi connectivity index (χ1v) is 15.4. The minimum atomic E-state index is -0.507. The van der Waals surface area contributed by atoms with Gasteiger partial charge in [0.25, 0.3) is 0 Å². The van der Waals surface area contributed by atoms with Crippen LogP contribution in [0.4, 0.5) is 26.8 Å². The number of urea groups is 1. The number of nitrogens with one attached hydrogen (secondary N) is 2. The van der Waals surface area contributed by atoms with E-state index < -0.39 is 12.1 Å². The highest BCUT2D eigenvalue weighted by Crippen LogP contribution is 2.49. The van der Waals surface area contributed by atoms with Crippen LogP contribution in [0.25, 0.3) is 5.69 Å². The fraction of sp³-hybridized carbons (Fsp3) is 0.219. The molecule has 0 aliphatic carbocycles. The molecule has 0 radical (unpaired) electrons. The van der Waals surface area contributed by atoms with E-state index in [9.17, 15) is 14.7 Å². The average Bonchev–Trinajstić information content (AvgIpc) is 3.70. The minimum absolute atomic E-state index is 0.0510. The minimum Gasteiger partial charge on any atom is -0.506 e. The van der Waals surface area contributed by atoms with Gasteiger partial charge < -0.3 is 24.8 Å². The van der Waals surface area contributed by atoms with Crippen molar-refractivity contribution in [2.45, 2.75) is 43.5 Å². The number of hydrogen-bond acceptors (Lipinski definition) is 8. The molecule has 3 aromatic carbocycles. The van der Waals surface area contributed by atoms with E-state index in [1.807, 2.05) is 56.1 Å². The van der Waals surface area contributed by atoms with Crippen LogP contribution in [0.2, 0.25) is 5.02 Å². The largest absolute Gasteiger partial charge is 0.506 e. The molecule has 3 heterocycles. The molecule has 2 aliphatic heterocycles. The molecule has 1 aromatic heterocycles. The SMILES string of the molecule is CCOC(=O)N1C=CN2c3cc(Oc4ccccc4NC(=O)Nc4cc(C(C)(C)C)nn4-c4ccc(O)c(Cl)c4)ccc3SC12. The van der Waals surface area contributed by atoms with Crippen molar-refractivity contribution in [3.8, 4) is 22.9 Å². The van der Waals surface area contributed by atoms with Crippen molar-refractivity contribution in [1.29, 1.82) is 0 Å². The number of para-hydroxylation sites is 2. The quantitative estimate of drug-likeness (QED) is 0.192. The Hall–Kier alpha value is -4.81. The first kappa shape index (κ1) is 30.2. The third-order valence-electron chi connectivity index (χ3n) is 7.04. The first-order chi connectivity index (χ1) is 21.5. The summed E-state index contributed by atoms with van der Waals surface area (Å²) >= 11 is 7.71. The van der Waals surface area contributed by atoms with Gasteiger partial charge in [-0.15, -0.1) is 0 Å². The molecule has 0 spiro atoms. The predicted octanol–water partition coefficient (Wildman–Crippen LogP) is 8.10. The van der Waals surface area contributed by atoms with E-state index in [0.717, 1.165) is 16.3 Å². The number of phenolic OH excluding ortho intramolecular Hbond substituents is 1. The molecule has 232 valence electrons. The van der Waals surface area contributed by atoms with E-state index in [1.165, 1.54) is 6.07 Å². The van der Waals surface area contributed by atoms with Crippen LogP contribution >= 0.6 is 23.4 Å². The van der Waals surface area contributed by atoms with E-state index in [0.29, 0.717) is 35.3 Å². The molecule has 11 nitrogen and oxygen atoms in total. The number of aromatic nitrogens is 2. The third-order valence-corrected chi connectivity index (χ3v) is 8.61. The predicted molar refractivity (Wildman–Crippen MR) is 175 cm³/mol. The van der Waals surface area contributed by atoms with Crippen molar-refractivity contribution in [3.63, 3.8) is 0 Å². The summed E-state index contributed by atoms with van der Waals surface area (Å²) < 4.78 is 13.0. The number of thioether (sulfide) groups is 1. The number of phenols is 1. The van der Waals surface area contributed by atoms with Gasteiger partial charge in [-0.25, -0.2) is 14.3 Å². The topological polar surface area (TPSA) is 121 Å². The van der Waals surface area contributed by atoms with Crippen LogP contribution in [0.3, 0.4) is 0 Å². The molecule has 0 bridgehead atoms. The number of benzene rings is 3. The Morgan fingerprint density at radius 2 is 1.84 bits per heavy atom. The van der Waals surface area contributed by atoms with E-state index >= 15 is 0 Å². The summed E-state index contributed by atoms with van der Waals surface area (Å²) in [5.74, 6) is 1.36. The molecule has 45 heavy (non-hydrogen) atoms. The molecule has 0 fully saturated rings. The molecule has 0 saturated carbocycles. The summed E-state index contributed by atoms with van der Waals surface area (Å²) in [5.41, 5.74) is 2.11. The monoisotopic (exact) mass is 646 g/mol. The van der Waals surface area contributed by atoms with Crippen molar-refractivity contribution in [2.75, 3.05) is 22.1 Å². The number of hydrogen-bond donors (Lipinski definition) is 3. The Bertz CT molecular complexity index is 1820. The fourth-order valence-electron chi connectivity index (χ4n) is 4.78. The number of rotatable bonds is 6. The zero-order valence-electron chi connectivity index (χ0n) is 24.9. The van der Waals surface area contributed by atoms with Crippen molar-refractivity contribution in [2.24, 2.45) is 0 Å². The Morgan fingerprint density at radius 3 is 2.60 bits per heavy atom. The maximum Gasteiger partial charge on any atom is 0.416 e. The van der Waals surface area contributed by atoms with E-state index in [2.05, 4.69) is 10.6 Å². The van der Waals surface area contributed by atoms with Crippen LogP contribution in [-0.4, -0.2) is 44.0 Å². The molecule has 1 atom stereocenters. The molecule has 1 unspecified atom stereocenters. The maximum atomic E-state index is 13.3. The lowest BCUT2D eigenvalue weighted by Crippen LogP contribution is -2.37. The molecule has 13 heteroatoms. The van der Waals surface area contributed by atoms with Gasteiger partial charge in [0.15, 0.2) is 11.2 Å². The maximum absolute atomic E-state index is 13.3. The fourth-order valence-corrected chi connectivity index (χ4v) is 6.18. The number of halogens is 1. The number of carbonyl (C=O) groups excluding carboxylic acids is 2. The number of ether oxygens (including phenoxy) is 2. The molecule has 4 aromatic rings. The molecule has 3 N–H and O–H groups in total. The number of nitrogens with zero attached hydrogens (tertiary/aromatic N) is 4. The Kier molecular flexibility index (Phi) is 8.02. The Balaban J connectivity index is 1.20. The highest BCUT2D eigenvalue weighted by Gasteiger charge is 2.39. The summed E-state index contributed by atoms with van der Waals surface area (Å²) in [7, 11) is 0. The van der Waals surface area contributed by atoms with Gasteiger partial charge in [0, 0.05) is 34.8 Å². The van der Waals surface area contributed by atoms with Gasteiger partial charge in [-0.3, -0.25) is 10.2 Å². The molecular weight excluding hydrogens is 616 g/mol. The lowest BCUT2D eigenvalue weighted by molar-refractivity contribution is 0.122. The number of fused-ring (bicyclic) bond motifs is 3. The number of anilines is 3. The zero-order chi connectivity index (χ0) is 31.9. The smallest absolute Gasteiger partial charge is 0.416 e. The molecule has 6 rings (SSSR count). The summed E-state index contributed by atoms with van der Waals surface area (Å²) in [6.45, 7) is 8.14. The van der Waals surface area contributed by atoms with Crippen molar-refractivity contribution in [1.82, 2.24) is 14.7 Å². The van der Waals surface area contributed by atoms with Gasteiger partial charge in [0.2, 0.25) is 0 Å². The van der Waals surface area contributed by atoms with Gasteiger partial charge in [0.1, 0.15) is 17.3 Å². The van der Waals surface area contributed by atoms with Gasteiger partial charge >= 0.3 is 12.1 Å². The molecular formula is C32H31ClN6O5S. The van der Waals surface area contributed by atoms with Gasteiger partial charge in [0.05, 0.1) is 34.4 Å². The van der Waals surface area contributed by atoms with Gasteiger partial charge in [-0.05, 0) is 49.4 Å². The second kappa shape index (κ2) is 11.9. The third kappa shape index (κ3) is 6.11. The first-order valence-electron chi connectivity index (χ1n) is 14.2. The van der Waals surface area contributed by atoms with Crippen molar-refractivity contribution < 1.29 is 24.2 Å². The van der Waals surface area contributed by atoms with Crippen molar-refractivity contribution in [3.05, 3.63) is 89.8 Å². The van der Waals surface area contributed by atoms with Gasteiger partial charge in [-0.1, -0.05) is 56.3 Å². The number of aromatic hydroxyl groups is 1. The highest BCUT2D eigenvalue weighted by molar-refractivity contribution is 8.00. The van der Waals surface area contributed by atoms with E-state index in [1.54, 1.807) is 70.9 Å². The number of carbonyl (C=O) groups is 2. The van der Waals surface area contributed by atoms with Crippen LogP contribution < -0.4 is 20.3 Å².